The monoisotopic (exact) mass is 380 g/mol. The fourth-order valence-corrected chi connectivity index (χ4v) is 3.72. The lowest BCUT2D eigenvalue weighted by atomic mass is 9.94. The smallest absolute Gasteiger partial charge is 0.195 e. The number of fused-ring (bicyclic) bond motifs is 1. The Balaban J connectivity index is 1.24. The number of piperidine rings is 1. The highest BCUT2D eigenvalue weighted by atomic mass is 16.5. The molecule has 28 heavy (non-hydrogen) atoms. The maximum absolute atomic E-state index is 5.99. The van der Waals surface area contributed by atoms with Crippen LogP contribution in [0.2, 0.25) is 0 Å². The molecule has 3 heterocycles. The van der Waals surface area contributed by atoms with Gasteiger partial charge in [-0.3, -0.25) is 0 Å². The molecule has 6 nitrogen and oxygen atoms in total. The van der Waals surface area contributed by atoms with Crippen molar-refractivity contribution in [1.29, 1.82) is 0 Å². The molecule has 0 bridgehead atoms. The van der Waals surface area contributed by atoms with E-state index >= 15 is 0 Å². The molecule has 1 saturated heterocycles. The van der Waals surface area contributed by atoms with Gasteiger partial charge in [-0.25, -0.2) is 4.98 Å². The maximum atomic E-state index is 5.99. The zero-order valence-electron chi connectivity index (χ0n) is 16.7. The van der Waals surface area contributed by atoms with Crippen molar-refractivity contribution >= 4 is 16.9 Å². The van der Waals surface area contributed by atoms with Crippen molar-refractivity contribution in [3.63, 3.8) is 0 Å². The first-order chi connectivity index (χ1) is 13.7. The summed E-state index contributed by atoms with van der Waals surface area (Å²) >= 11 is 0. The zero-order chi connectivity index (χ0) is 19.3. The second-order valence-corrected chi connectivity index (χ2v) is 7.59. The van der Waals surface area contributed by atoms with E-state index in [0.29, 0.717) is 5.92 Å². The molecule has 148 valence electrons. The molecule has 1 aliphatic rings. The lowest BCUT2D eigenvalue weighted by molar-refractivity contribution is 0.258. The summed E-state index contributed by atoms with van der Waals surface area (Å²) in [6.07, 6.45) is 5.31. The third-order valence-corrected chi connectivity index (χ3v) is 5.39. The van der Waals surface area contributed by atoms with Gasteiger partial charge in [0.05, 0.1) is 12.3 Å². The zero-order valence-corrected chi connectivity index (χ0v) is 16.7. The topological polar surface area (TPSA) is 64.3 Å². The number of hydrogen-bond acceptors (Lipinski definition) is 6. The Morgan fingerprint density at radius 2 is 2.00 bits per heavy atom. The molecule has 1 fully saturated rings. The minimum Gasteiger partial charge on any atom is -0.493 e. The van der Waals surface area contributed by atoms with Gasteiger partial charge in [-0.15, -0.1) is 5.10 Å². The van der Waals surface area contributed by atoms with E-state index in [-0.39, 0.29) is 0 Å². The van der Waals surface area contributed by atoms with Gasteiger partial charge in [0.1, 0.15) is 11.3 Å². The Labute approximate surface area is 165 Å². The molecule has 0 atom stereocenters. The van der Waals surface area contributed by atoms with E-state index in [0.717, 1.165) is 73.2 Å². The minimum absolute atomic E-state index is 0.694. The molecule has 0 unspecified atom stereocenters. The molecule has 2 aromatic heterocycles. The number of aromatic nitrogens is 3. The van der Waals surface area contributed by atoms with Crippen LogP contribution in [0.1, 0.15) is 44.2 Å². The summed E-state index contributed by atoms with van der Waals surface area (Å²) in [5.41, 5.74) is 2.68. The summed E-state index contributed by atoms with van der Waals surface area (Å²) in [7, 11) is 0. The van der Waals surface area contributed by atoms with Crippen molar-refractivity contribution < 1.29 is 9.15 Å². The molecule has 4 rings (SSSR count). The number of nitrogens with zero attached hydrogens (tertiary/aromatic N) is 4. The van der Waals surface area contributed by atoms with Gasteiger partial charge in [-0.05, 0) is 62.8 Å². The Bertz CT molecular complexity index is 899. The van der Waals surface area contributed by atoms with Gasteiger partial charge >= 0.3 is 0 Å². The second-order valence-electron chi connectivity index (χ2n) is 7.59. The van der Waals surface area contributed by atoms with E-state index in [9.17, 15) is 0 Å². The highest BCUT2D eigenvalue weighted by Crippen LogP contribution is 2.25. The van der Waals surface area contributed by atoms with Crippen molar-refractivity contribution in [2.45, 2.75) is 46.0 Å². The average molecular weight is 380 g/mol. The summed E-state index contributed by atoms with van der Waals surface area (Å²) in [6.45, 7) is 6.89. The summed E-state index contributed by atoms with van der Waals surface area (Å²) in [6, 6.07) is 10.0. The molecule has 0 amide bonds. The highest BCUT2D eigenvalue weighted by molar-refractivity contribution is 5.74. The first kappa shape index (κ1) is 18.7. The molecule has 0 N–H and O–H groups in total. The molecule has 0 radical (unpaired) electrons. The van der Waals surface area contributed by atoms with Gasteiger partial charge in [0.2, 0.25) is 0 Å². The molecule has 3 aromatic rings. The second kappa shape index (κ2) is 8.59. The first-order valence-electron chi connectivity index (χ1n) is 10.3. The average Bonchev–Trinajstić information content (AvgIpc) is 3.11. The Hall–Kier alpha value is -2.63. The van der Waals surface area contributed by atoms with Crippen LogP contribution in [-0.4, -0.2) is 34.9 Å². The summed E-state index contributed by atoms with van der Waals surface area (Å²) in [4.78, 5) is 6.83. The lowest BCUT2D eigenvalue weighted by Gasteiger charge is -2.32. The number of benzene rings is 1. The number of ether oxygens (including phenoxy) is 1. The minimum atomic E-state index is 0.694. The van der Waals surface area contributed by atoms with Crippen molar-refractivity contribution in [2.24, 2.45) is 5.92 Å². The highest BCUT2D eigenvalue weighted by Gasteiger charge is 2.20. The fourth-order valence-electron chi connectivity index (χ4n) is 3.72. The maximum Gasteiger partial charge on any atom is 0.195 e. The van der Waals surface area contributed by atoms with Crippen LogP contribution in [0.4, 0.5) is 5.82 Å². The first-order valence-corrected chi connectivity index (χ1v) is 10.3. The van der Waals surface area contributed by atoms with Gasteiger partial charge in [0, 0.05) is 25.6 Å². The molecule has 0 aliphatic carbocycles. The molecule has 1 aliphatic heterocycles. The fraction of sp³-hybridized carbons (Fsp3) is 0.500. The van der Waals surface area contributed by atoms with Crippen molar-refractivity contribution in [1.82, 2.24) is 15.2 Å². The van der Waals surface area contributed by atoms with E-state index < -0.39 is 0 Å². The molecule has 0 spiro atoms. The summed E-state index contributed by atoms with van der Waals surface area (Å²) < 4.78 is 11.8. The predicted molar refractivity (Wildman–Crippen MR) is 110 cm³/mol. The number of hydrogen-bond donors (Lipinski definition) is 0. The van der Waals surface area contributed by atoms with Gasteiger partial charge < -0.3 is 14.1 Å². The SMILES string of the molecule is CCCc1nc2ccc(OCCC3CCN(c4ccc(C)nn4)CC3)cc2o1. The van der Waals surface area contributed by atoms with Crippen LogP contribution in [0, 0.1) is 12.8 Å². The Kier molecular flexibility index (Phi) is 5.74. The van der Waals surface area contributed by atoms with Crippen LogP contribution < -0.4 is 9.64 Å². The van der Waals surface area contributed by atoms with Crippen molar-refractivity contribution in [3.8, 4) is 5.75 Å². The van der Waals surface area contributed by atoms with E-state index in [1.165, 1.54) is 12.8 Å². The summed E-state index contributed by atoms with van der Waals surface area (Å²) in [5.74, 6) is 3.35. The number of oxazole rings is 1. The van der Waals surface area contributed by atoms with Crippen LogP contribution in [0.5, 0.6) is 5.75 Å². The molecular weight excluding hydrogens is 352 g/mol. The van der Waals surface area contributed by atoms with Gasteiger partial charge in [-0.2, -0.15) is 5.10 Å². The van der Waals surface area contributed by atoms with Crippen LogP contribution in [-0.2, 0) is 6.42 Å². The van der Waals surface area contributed by atoms with Crippen LogP contribution >= 0.6 is 0 Å². The normalized spacial score (nSPS) is 15.3. The third kappa shape index (κ3) is 4.43. The van der Waals surface area contributed by atoms with Gasteiger partial charge in [0.15, 0.2) is 17.3 Å². The number of rotatable bonds is 7. The number of aryl methyl sites for hydroxylation is 2. The van der Waals surface area contributed by atoms with Crippen LogP contribution in [0.15, 0.2) is 34.7 Å². The molecule has 1 aromatic carbocycles. The van der Waals surface area contributed by atoms with Gasteiger partial charge in [0.25, 0.3) is 0 Å². The predicted octanol–water partition coefficient (Wildman–Crippen LogP) is 4.56. The molecular formula is C22H28N4O2. The van der Waals surface area contributed by atoms with E-state index in [1.54, 1.807) is 0 Å². The van der Waals surface area contributed by atoms with E-state index in [1.807, 2.05) is 31.2 Å². The van der Waals surface area contributed by atoms with Gasteiger partial charge in [-0.1, -0.05) is 6.92 Å². The van der Waals surface area contributed by atoms with Crippen molar-refractivity contribution in [2.75, 3.05) is 24.6 Å². The molecule has 0 saturated carbocycles. The molecule has 6 heteroatoms. The van der Waals surface area contributed by atoms with E-state index in [2.05, 4.69) is 33.1 Å². The largest absolute Gasteiger partial charge is 0.493 e. The van der Waals surface area contributed by atoms with Crippen molar-refractivity contribution in [3.05, 3.63) is 41.9 Å². The lowest BCUT2D eigenvalue weighted by Crippen LogP contribution is -2.34. The van der Waals surface area contributed by atoms with E-state index in [4.69, 9.17) is 9.15 Å². The quantitative estimate of drug-likeness (QED) is 0.598. The number of anilines is 1. The Morgan fingerprint density at radius 3 is 2.75 bits per heavy atom. The van der Waals surface area contributed by atoms with Crippen LogP contribution in [0.25, 0.3) is 11.1 Å². The Morgan fingerprint density at radius 1 is 1.14 bits per heavy atom. The third-order valence-electron chi connectivity index (χ3n) is 5.39. The summed E-state index contributed by atoms with van der Waals surface area (Å²) in [5, 5.41) is 8.47. The van der Waals surface area contributed by atoms with Crippen LogP contribution in [0.3, 0.4) is 0 Å². The standard InChI is InChI=1S/C22H28N4O2/c1-3-4-22-23-19-7-6-18(15-20(19)28-22)27-14-11-17-9-12-26(13-10-17)21-8-5-16(2)24-25-21/h5-8,15,17H,3-4,9-14H2,1-2H3.